The minimum Gasteiger partial charge on any atom is -0.256 e. The molecule has 7 heteroatoms. The van der Waals surface area contributed by atoms with Gasteiger partial charge in [-0.15, -0.1) is 11.6 Å². The fourth-order valence-corrected chi connectivity index (χ4v) is 3.58. The molecule has 2 heterocycles. The number of sulfonamides is 1. The maximum atomic E-state index is 12.2. The van der Waals surface area contributed by atoms with Gasteiger partial charge < -0.3 is 0 Å². The molecule has 1 aromatic rings. The highest BCUT2D eigenvalue weighted by Crippen LogP contribution is 2.22. The van der Waals surface area contributed by atoms with E-state index in [0.717, 1.165) is 0 Å². The van der Waals surface area contributed by atoms with Crippen LogP contribution in [0.5, 0.6) is 0 Å². The molecule has 16 heavy (non-hydrogen) atoms. The number of rotatable bonds is 2. The third-order valence-electron chi connectivity index (χ3n) is 2.76. The van der Waals surface area contributed by atoms with E-state index in [1.165, 1.54) is 21.3 Å². The largest absolute Gasteiger partial charge is 0.260 e. The Morgan fingerprint density at radius 1 is 1.44 bits per heavy atom. The molecule has 1 aliphatic rings. The van der Waals surface area contributed by atoms with Crippen molar-refractivity contribution in [3.05, 3.63) is 12.3 Å². The van der Waals surface area contributed by atoms with Crippen LogP contribution in [0.1, 0.15) is 12.8 Å². The fourth-order valence-electron chi connectivity index (χ4n) is 1.81. The molecule has 1 aromatic heterocycles. The number of aryl methyl sites for hydroxylation is 1. The van der Waals surface area contributed by atoms with Gasteiger partial charge in [0.05, 0.1) is 6.20 Å². The first-order valence-electron chi connectivity index (χ1n) is 5.14. The Morgan fingerprint density at radius 3 is 2.56 bits per heavy atom. The molecule has 1 saturated heterocycles. The number of piperidine rings is 1. The van der Waals surface area contributed by atoms with Crippen molar-refractivity contribution in [3.63, 3.8) is 0 Å². The van der Waals surface area contributed by atoms with E-state index in [1.54, 1.807) is 7.05 Å². The van der Waals surface area contributed by atoms with Gasteiger partial charge in [0.2, 0.25) is 0 Å². The van der Waals surface area contributed by atoms with E-state index in [-0.39, 0.29) is 10.4 Å². The first-order valence-corrected chi connectivity index (χ1v) is 7.01. The predicted molar refractivity (Wildman–Crippen MR) is 60.8 cm³/mol. The molecule has 0 atom stereocenters. The first-order chi connectivity index (χ1) is 7.51. The van der Waals surface area contributed by atoms with Gasteiger partial charge in [-0.05, 0) is 18.9 Å². The lowest BCUT2D eigenvalue weighted by molar-refractivity contribution is 0.347. The molecule has 0 radical (unpaired) electrons. The van der Waals surface area contributed by atoms with Crippen molar-refractivity contribution in [1.82, 2.24) is 14.1 Å². The number of nitrogens with zero attached hydrogens (tertiary/aromatic N) is 3. The van der Waals surface area contributed by atoms with E-state index in [2.05, 4.69) is 5.10 Å². The first kappa shape index (κ1) is 11.9. The third kappa shape index (κ3) is 2.09. The quantitative estimate of drug-likeness (QED) is 0.742. The van der Waals surface area contributed by atoms with E-state index in [4.69, 9.17) is 11.6 Å². The second kappa shape index (κ2) is 4.35. The molecule has 0 aliphatic carbocycles. The second-order valence-corrected chi connectivity index (χ2v) is 6.37. The van der Waals surface area contributed by atoms with Gasteiger partial charge in [0.15, 0.2) is 5.03 Å². The van der Waals surface area contributed by atoms with Gasteiger partial charge in [-0.1, -0.05) is 0 Å². The lowest BCUT2D eigenvalue weighted by atomic mass is 10.2. The van der Waals surface area contributed by atoms with Crippen LogP contribution in [0, 0.1) is 0 Å². The Labute approximate surface area is 100 Å². The molecule has 5 nitrogen and oxygen atoms in total. The maximum absolute atomic E-state index is 12.2. The van der Waals surface area contributed by atoms with Gasteiger partial charge in [0.1, 0.15) is 0 Å². The summed E-state index contributed by atoms with van der Waals surface area (Å²) in [5, 5.41) is 4.21. The summed E-state index contributed by atoms with van der Waals surface area (Å²) < 4.78 is 27.2. The van der Waals surface area contributed by atoms with Crippen LogP contribution in [-0.4, -0.2) is 41.0 Å². The molecule has 1 aliphatic heterocycles. The van der Waals surface area contributed by atoms with Crippen LogP contribution in [0.3, 0.4) is 0 Å². The lowest BCUT2D eigenvalue weighted by Crippen LogP contribution is -2.39. The van der Waals surface area contributed by atoms with Crippen molar-refractivity contribution in [1.29, 1.82) is 0 Å². The van der Waals surface area contributed by atoms with E-state index >= 15 is 0 Å². The maximum Gasteiger partial charge on any atom is 0.260 e. The minimum absolute atomic E-state index is 0.0954. The van der Waals surface area contributed by atoms with Crippen LogP contribution in [0.2, 0.25) is 0 Å². The van der Waals surface area contributed by atoms with Gasteiger partial charge in [0.25, 0.3) is 10.0 Å². The van der Waals surface area contributed by atoms with Crippen molar-refractivity contribution in [3.8, 4) is 0 Å². The summed E-state index contributed by atoms with van der Waals surface area (Å²) in [5.74, 6) is 0. The summed E-state index contributed by atoms with van der Waals surface area (Å²) in [4.78, 5) is 0. The summed E-state index contributed by atoms with van der Waals surface area (Å²) in [5.41, 5.74) is 0. The van der Waals surface area contributed by atoms with E-state index in [1.807, 2.05) is 0 Å². The second-order valence-electron chi connectivity index (χ2n) is 3.87. The Balaban J connectivity index is 2.23. The molecule has 2 rings (SSSR count). The van der Waals surface area contributed by atoms with Gasteiger partial charge in [-0.25, -0.2) is 8.42 Å². The van der Waals surface area contributed by atoms with Crippen molar-refractivity contribution in [2.45, 2.75) is 23.2 Å². The average Bonchev–Trinajstić information content (AvgIpc) is 2.66. The van der Waals surface area contributed by atoms with Crippen LogP contribution >= 0.6 is 11.6 Å². The zero-order valence-electron chi connectivity index (χ0n) is 9.00. The average molecular weight is 264 g/mol. The van der Waals surface area contributed by atoms with Crippen LogP contribution < -0.4 is 0 Å². The Hall–Kier alpha value is -0.590. The van der Waals surface area contributed by atoms with Gasteiger partial charge >= 0.3 is 0 Å². The zero-order valence-corrected chi connectivity index (χ0v) is 10.6. The fraction of sp³-hybridized carbons (Fsp3) is 0.667. The number of halogens is 1. The molecule has 0 aromatic carbocycles. The van der Waals surface area contributed by atoms with Crippen molar-refractivity contribution < 1.29 is 8.42 Å². The number of hydrogen-bond donors (Lipinski definition) is 0. The van der Waals surface area contributed by atoms with E-state index < -0.39 is 10.0 Å². The van der Waals surface area contributed by atoms with Crippen LogP contribution in [-0.2, 0) is 17.1 Å². The number of alkyl halides is 1. The van der Waals surface area contributed by atoms with Crippen LogP contribution in [0.25, 0.3) is 0 Å². The molecule has 0 spiro atoms. The Bertz CT molecular complexity index is 463. The molecule has 0 bridgehead atoms. The molecular weight excluding hydrogens is 250 g/mol. The topological polar surface area (TPSA) is 55.2 Å². The van der Waals surface area contributed by atoms with E-state index in [9.17, 15) is 8.42 Å². The molecule has 0 N–H and O–H groups in total. The SMILES string of the molecule is Cn1nccc1S(=O)(=O)N1CCC(Cl)CC1. The highest BCUT2D eigenvalue weighted by Gasteiger charge is 2.30. The summed E-state index contributed by atoms with van der Waals surface area (Å²) >= 11 is 5.95. The normalized spacial score (nSPS) is 20.1. The van der Waals surface area contributed by atoms with Gasteiger partial charge in [-0.3, -0.25) is 4.68 Å². The number of aromatic nitrogens is 2. The summed E-state index contributed by atoms with van der Waals surface area (Å²) in [7, 11) is -1.77. The molecule has 0 unspecified atom stereocenters. The minimum atomic E-state index is -3.40. The predicted octanol–water partition coefficient (Wildman–Crippen LogP) is 0.812. The zero-order chi connectivity index (χ0) is 11.8. The van der Waals surface area contributed by atoms with Crippen LogP contribution in [0.4, 0.5) is 0 Å². The molecule has 0 amide bonds. The molecule has 90 valence electrons. The van der Waals surface area contributed by atoms with E-state index in [0.29, 0.717) is 25.9 Å². The Kier molecular flexibility index (Phi) is 3.23. The monoisotopic (exact) mass is 263 g/mol. The van der Waals surface area contributed by atoms with Gasteiger partial charge in [0, 0.05) is 25.5 Å². The highest BCUT2D eigenvalue weighted by molar-refractivity contribution is 7.89. The number of hydrogen-bond acceptors (Lipinski definition) is 3. The van der Waals surface area contributed by atoms with Crippen molar-refractivity contribution in [2.24, 2.45) is 7.05 Å². The highest BCUT2D eigenvalue weighted by atomic mass is 35.5. The Morgan fingerprint density at radius 2 is 2.06 bits per heavy atom. The molecule has 0 saturated carbocycles. The lowest BCUT2D eigenvalue weighted by Gasteiger charge is -2.28. The summed E-state index contributed by atoms with van der Waals surface area (Å²) in [6.45, 7) is 0.976. The van der Waals surface area contributed by atoms with Crippen molar-refractivity contribution >= 4 is 21.6 Å². The van der Waals surface area contributed by atoms with Crippen molar-refractivity contribution in [2.75, 3.05) is 13.1 Å². The van der Waals surface area contributed by atoms with Gasteiger partial charge in [-0.2, -0.15) is 9.40 Å². The standard InChI is InChI=1S/C9H14ClN3O2S/c1-12-9(2-5-11-12)16(14,15)13-6-3-8(10)4-7-13/h2,5,8H,3-4,6-7H2,1H3. The molecular formula is C9H14ClN3O2S. The smallest absolute Gasteiger partial charge is 0.256 e. The summed E-state index contributed by atoms with van der Waals surface area (Å²) in [6.07, 6.45) is 2.90. The molecule has 1 fully saturated rings. The summed E-state index contributed by atoms with van der Waals surface area (Å²) in [6, 6.07) is 1.52. The van der Waals surface area contributed by atoms with Crippen LogP contribution in [0.15, 0.2) is 17.3 Å². The third-order valence-corrected chi connectivity index (χ3v) is 5.17.